The van der Waals surface area contributed by atoms with E-state index in [1.165, 1.54) is 6.07 Å². The summed E-state index contributed by atoms with van der Waals surface area (Å²) in [6.45, 7) is 7.00. The van der Waals surface area contributed by atoms with Gasteiger partial charge < -0.3 is 15.5 Å². The summed E-state index contributed by atoms with van der Waals surface area (Å²) in [5.41, 5.74) is 1.02. The average molecular weight is 382 g/mol. The molecule has 0 bridgehead atoms. The topological polar surface area (TPSA) is 61.4 Å². The molecule has 1 aliphatic carbocycles. The van der Waals surface area contributed by atoms with Crippen molar-refractivity contribution in [3.05, 3.63) is 34.6 Å². The summed E-state index contributed by atoms with van der Waals surface area (Å²) in [4.78, 5) is 26.2. The number of urea groups is 1. The third-order valence-electron chi connectivity index (χ3n) is 5.44. The van der Waals surface area contributed by atoms with Crippen molar-refractivity contribution in [2.24, 2.45) is 11.3 Å². The first-order valence-electron chi connectivity index (χ1n) is 8.98. The maximum atomic E-state index is 13.6. The van der Waals surface area contributed by atoms with Crippen LogP contribution in [0.1, 0.15) is 45.2 Å². The third-order valence-corrected chi connectivity index (χ3v) is 5.73. The van der Waals surface area contributed by atoms with Gasteiger partial charge in [0.2, 0.25) is 5.91 Å². The van der Waals surface area contributed by atoms with Gasteiger partial charge in [-0.25, -0.2) is 9.18 Å². The second kappa shape index (κ2) is 7.06. The molecular weight excluding hydrogens is 357 g/mol. The predicted molar refractivity (Wildman–Crippen MR) is 98.4 cm³/mol. The highest BCUT2D eigenvalue weighted by molar-refractivity contribution is 6.30. The molecule has 7 heteroatoms. The molecular formula is C19H25ClFN3O2. The molecule has 1 unspecified atom stereocenters. The van der Waals surface area contributed by atoms with E-state index in [-0.39, 0.29) is 34.3 Å². The number of halogens is 2. The van der Waals surface area contributed by atoms with Crippen molar-refractivity contribution in [1.82, 2.24) is 15.5 Å². The fraction of sp³-hybridized carbons (Fsp3) is 0.579. The highest BCUT2D eigenvalue weighted by atomic mass is 35.5. The van der Waals surface area contributed by atoms with Gasteiger partial charge in [0.25, 0.3) is 0 Å². The normalized spacial score (nSPS) is 23.8. The number of rotatable bonds is 3. The van der Waals surface area contributed by atoms with Crippen LogP contribution in [0.25, 0.3) is 0 Å². The molecule has 1 saturated carbocycles. The van der Waals surface area contributed by atoms with Crippen molar-refractivity contribution >= 4 is 23.5 Å². The Hall–Kier alpha value is -1.82. The summed E-state index contributed by atoms with van der Waals surface area (Å²) < 4.78 is 13.6. The summed E-state index contributed by atoms with van der Waals surface area (Å²) in [5, 5.41) is 5.87. The van der Waals surface area contributed by atoms with Gasteiger partial charge in [0, 0.05) is 13.1 Å². The van der Waals surface area contributed by atoms with Crippen LogP contribution in [0, 0.1) is 17.2 Å². The summed E-state index contributed by atoms with van der Waals surface area (Å²) >= 11 is 5.96. The van der Waals surface area contributed by atoms with Gasteiger partial charge in [0.1, 0.15) is 11.9 Å². The molecule has 0 radical (unpaired) electrons. The largest absolute Gasteiger partial charge is 0.353 e. The Balaban J connectivity index is 1.80. The molecule has 1 saturated heterocycles. The van der Waals surface area contributed by atoms with Crippen LogP contribution in [0.15, 0.2) is 18.2 Å². The highest BCUT2D eigenvalue weighted by Gasteiger charge is 2.42. The van der Waals surface area contributed by atoms with Crippen LogP contribution in [0.3, 0.4) is 0 Å². The number of carbonyl (C=O) groups is 2. The van der Waals surface area contributed by atoms with Gasteiger partial charge in [-0.05, 0) is 48.8 Å². The zero-order chi connectivity index (χ0) is 19.1. The average Bonchev–Trinajstić information content (AvgIpc) is 2.55. The smallest absolute Gasteiger partial charge is 0.318 e. The van der Waals surface area contributed by atoms with Crippen molar-refractivity contribution in [1.29, 1.82) is 0 Å². The summed E-state index contributed by atoms with van der Waals surface area (Å²) in [5.74, 6) is -0.377. The van der Waals surface area contributed by atoms with Crippen molar-refractivity contribution in [3.8, 4) is 0 Å². The first-order valence-corrected chi connectivity index (χ1v) is 9.35. The van der Waals surface area contributed by atoms with E-state index in [2.05, 4.69) is 24.5 Å². The Morgan fingerprint density at radius 1 is 1.42 bits per heavy atom. The zero-order valence-corrected chi connectivity index (χ0v) is 16.1. The van der Waals surface area contributed by atoms with Gasteiger partial charge in [-0.3, -0.25) is 4.79 Å². The molecule has 1 aliphatic heterocycles. The lowest BCUT2D eigenvalue weighted by atomic mass is 9.61. The number of nitrogens with zero attached hydrogens (tertiary/aromatic N) is 1. The van der Waals surface area contributed by atoms with Crippen LogP contribution in [0.4, 0.5) is 9.18 Å². The van der Waals surface area contributed by atoms with Gasteiger partial charge in [0.05, 0.1) is 11.1 Å². The highest BCUT2D eigenvalue weighted by Crippen LogP contribution is 2.50. The Morgan fingerprint density at radius 2 is 2.12 bits per heavy atom. The van der Waals surface area contributed by atoms with Crippen molar-refractivity contribution < 1.29 is 14.0 Å². The van der Waals surface area contributed by atoms with Crippen LogP contribution >= 0.6 is 11.6 Å². The molecule has 0 spiro atoms. The Kier molecular flexibility index (Phi) is 5.15. The first-order chi connectivity index (χ1) is 12.2. The molecule has 2 fully saturated rings. The van der Waals surface area contributed by atoms with Crippen LogP contribution in [-0.2, 0) is 4.79 Å². The molecule has 1 heterocycles. The molecule has 2 N–H and O–H groups in total. The van der Waals surface area contributed by atoms with E-state index in [0.717, 1.165) is 18.4 Å². The molecule has 26 heavy (non-hydrogen) atoms. The molecule has 1 aromatic rings. The monoisotopic (exact) mass is 381 g/mol. The number of nitrogens with one attached hydrogen (secondary N) is 2. The second-order valence-electron chi connectivity index (χ2n) is 8.09. The van der Waals surface area contributed by atoms with Gasteiger partial charge in [0.15, 0.2) is 0 Å². The van der Waals surface area contributed by atoms with Crippen LogP contribution in [-0.4, -0.2) is 36.0 Å². The summed E-state index contributed by atoms with van der Waals surface area (Å²) in [6.07, 6.45) is 1.92. The Bertz CT molecular complexity index is 717. The Labute approximate surface area is 158 Å². The van der Waals surface area contributed by atoms with Crippen LogP contribution in [0.5, 0.6) is 0 Å². The maximum Gasteiger partial charge on any atom is 0.318 e. The number of hydrogen-bond acceptors (Lipinski definition) is 2. The van der Waals surface area contributed by atoms with Crippen molar-refractivity contribution in [2.45, 2.75) is 45.7 Å². The summed E-state index contributed by atoms with van der Waals surface area (Å²) in [6, 6.07) is 3.54. The first kappa shape index (κ1) is 19.0. The number of hydrogen-bond donors (Lipinski definition) is 2. The minimum Gasteiger partial charge on any atom is -0.353 e. The van der Waals surface area contributed by atoms with E-state index in [1.54, 1.807) is 24.0 Å². The van der Waals surface area contributed by atoms with Crippen molar-refractivity contribution in [2.75, 3.05) is 13.1 Å². The van der Waals surface area contributed by atoms with Crippen LogP contribution < -0.4 is 10.6 Å². The molecule has 2 aliphatic rings. The molecule has 2 atom stereocenters. The van der Waals surface area contributed by atoms with E-state index < -0.39 is 11.9 Å². The number of piperazine rings is 1. The lowest BCUT2D eigenvalue weighted by molar-refractivity contribution is -0.127. The van der Waals surface area contributed by atoms with E-state index in [4.69, 9.17) is 11.6 Å². The van der Waals surface area contributed by atoms with E-state index in [1.807, 2.05) is 0 Å². The standard InChI is InChI=1S/C19H25ClFN3O2/c1-11-17(25)22-6-7-24(11)18(26)23-16(13-9-19(2,3)10-13)12-4-5-15(21)14(20)8-12/h4-5,8,11,13,16H,6-7,9-10H2,1-3H3,(H,22,25)(H,23,26)/t11-,16?/m1/s1. The minimum atomic E-state index is -0.515. The molecule has 5 nitrogen and oxygen atoms in total. The fourth-order valence-electron chi connectivity index (χ4n) is 4.05. The second-order valence-corrected chi connectivity index (χ2v) is 8.50. The fourth-order valence-corrected chi connectivity index (χ4v) is 4.24. The molecule has 1 aromatic carbocycles. The summed E-state index contributed by atoms with van der Waals surface area (Å²) in [7, 11) is 0. The lowest BCUT2D eigenvalue weighted by Crippen LogP contribution is -2.59. The van der Waals surface area contributed by atoms with Gasteiger partial charge in [-0.1, -0.05) is 31.5 Å². The van der Waals surface area contributed by atoms with E-state index >= 15 is 0 Å². The van der Waals surface area contributed by atoms with Gasteiger partial charge in [-0.15, -0.1) is 0 Å². The van der Waals surface area contributed by atoms with Crippen molar-refractivity contribution in [3.63, 3.8) is 0 Å². The third kappa shape index (κ3) is 3.80. The SMILES string of the molecule is C[C@@H]1C(=O)NCCN1C(=O)NC(c1ccc(F)c(Cl)c1)C1CC(C)(C)C1. The lowest BCUT2D eigenvalue weighted by Gasteiger charge is -2.47. The number of carbonyl (C=O) groups excluding carboxylic acids is 2. The molecule has 142 valence electrons. The zero-order valence-electron chi connectivity index (χ0n) is 15.3. The number of benzene rings is 1. The van der Waals surface area contributed by atoms with Gasteiger partial charge >= 0.3 is 6.03 Å². The number of amides is 3. The maximum absolute atomic E-state index is 13.6. The molecule has 3 amide bonds. The predicted octanol–water partition coefficient (Wildman–Crippen LogP) is 3.49. The minimum absolute atomic E-state index is 0.0473. The Morgan fingerprint density at radius 3 is 2.73 bits per heavy atom. The van der Waals surface area contributed by atoms with E-state index in [9.17, 15) is 14.0 Å². The molecule has 0 aromatic heterocycles. The molecule has 3 rings (SSSR count). The van der Waals surface area contributed by atoms with Crippen LogP contribution in [0.2, 0.25) is 5.02 Å². The van der Waals surface area contributed by atoms with E-state index in [0.29, 0.717) is 13.1 Å². The quantitative estimate of drug-likeness (QED) is 0.841. The van der Waals surface area contributed by atoms with Gasteiger partial charge in [-0.2, -0.15) is 0 Å².